The predicted octanol–water partition coefficient (Wildman–Crippen LogP) is 1.56. The van der Waals surface area contributed by atoms with Gasteiger partial charge in [-0.25, -0.2) is 13.1 Å². The van der Waals surface area contributed by atoms with Crippen LogP contribution >= 0.6 is 0 Å². The molecule has 1 aliphatic carbocycles. The average Bonchev–Trinajstić information content (AvgIpc) is 3.02. The number of sulfonamides is 1. The van der Waals surface area contributed by atoms with Gasteiger partial charge in [-0.1, -0.05) is 6.07 Å². The zero-order valence-corrected chi connectivity index (χ0v) is 10.0. The van der Waals surface area contributed by atoms with Gasteiger partial charge in [0, 0.05) is 18.3 Å². The Labute approximate surface area is 96.1 Å². The lowest BCUT2D eigenvalue weighted by atomic mass is 10.3. The van der Waals surface area contributed by atoms with E-state index in [1.165, 1.54) is 0 Å². The van der Waals surface area contributed by atoms with Crippen molar-refractivity contribution in [1.82, 2.24) is 4.72 Å². The summed E-state index contributed by atoms with van der Waals surface area (Å²) in [5.74, 6) is 0. The highest BCUT2D eigenvalue weighted by atomic mass is 32.2. The van der Waals surface area contributed by atoms with Gasteiger partial charge in [0.2, 0.25) is 10.0 Å². The van der Waals surface area contributed by atoms with Gasteiger partial charge in [-0.2, -0.15) is 0 Å². The SMILES string of the molecule is CCNc1cccc(S(=O)(=O)NC2CC2)c1. The normalized spacial score (nSPS) is 16.1. The molecule has 0 atom stereocenters. The first-order valence-corrected chi connectivity index (χ1v) is 6.96. The van der Waals surface area contributed by atoms with Gasteiger partial charge in [-0.3, -0.25) is 0 Å². The highest BCUT2D eigenvalue weighted by Gasteiger charge is 2.27. The lowest BCUT2D eigenvalue weighted by Gasteiger charge is -2.08. The highest BCUT2D eigenvalue weighted by Crippen LogP contribution is 2.23. The van der Waals surface area contributed by atoms with E-state index in [1.807, 2.05) is 13.0 Å². The van der Waals surface area contributed by atoms with Crippen LogP contribution in [0.5, 0.6) is 0 Å². The Morgan fingerprint density at radius 2 is 2.12 bits per heavy atom. The van der Waals surface area contributed by atoms with Gasteiger partial charge >= 0.3 is 0 Å². The molecule has 1 saturated carbocycles. The van der Waals surface area contributed by atoms with Gasteiger partial charge in [0.25, 0.3) is 0 Å². The molecule has 2 N–H and O–H groups in total. The molecule has 0 bridgehead atoms. The zero-order chi connectivity index (χ0) is 11.6. The van der Waals surface area contributed by atoms with Gasteiger partial charge in [0.15, 0.2) is 0 Å². The quantitative estimate of drug-likeness (QED) is 0.821. The topological polar surface area (TPSA) is 58.2 Å². The maximum atomic E-state index is 11.9. The standard InChI is InChI=1S/C11H16N2O2S/c1-2-12-10-4-3-5-11(8-10)16(14,15)13-9-6-7-9/h3-5,8-9,12-13H,2,6-7H2,1H3. The van der Waals surface area contributed by atoms with Crippen LogP contribution in [0.1, 0.15) is 19.8 Å². The van der Waals surface area contributed by atoms with Crippen molar-refractivity contribution < 1.29 is 8.42 Å². The Balaban J connectivity index is 2.21. The molecule has 2 rings (SSSR count). The van der Waals surface area contributed by atoms with Gasteiger partial charge < -0.3 is 5.32 Å². The Bertz CT molecular complexity index is 467. The second kappa shape index (κ2) is 4.43. The molecule has 1 aromatic carbocycles. The molecule has 4 nitrogen and oxygen atoms in total. The van der Waals surface area contributed by atoms with E-state index < -0.39 is 10.0 Å². The number of benzene rings is 1. The van der Waals surface area contributed by atoms with Gasteiger partial charge in [-0.15, -0.1) is 0 Å². The van der Waals surface area contributed by atoms with Crippen LogP contribution in [-0.2, 0) is 10.0 Å². The van der Waals surface area contributed by atoms with Crippen molar-refractivity contribution >= 4 is 15.7 Å². The van der Waals surface area contributed by atoms with Crippen molar-refractivity contribution in [3.63, 3.8) is 0 Å². The summed E-state index contributed by atoms with van der Waals surface area (Å²) >= 11 is 0. The minimum absolute atomic E-state index is 0.146. The lowest BCUT2D eigenvalue weighted by Crippen LogP contribution is -2.25. The molecule has 0 saturated heterocycles. The third-order valence-corrected chi connectivity index (χ3v) is 3.94. The molecule has 16 heavy (non-hydrogen) atoms. The maximum Gasteiger partial charge on any atom is 0.240 e. The fraction of sp³-hybridized carbons (Fsp3) is 0.455. The maximum absolute atomic E-state index is 11.9. The predicted molar refractivity (Wildman–Crippen MR) is 63.9 cm³/mol. The average molecular weight is 240 g/mol. The fourth-order valence-corrected chi connectivity index (χ4v) is 2.82. The minimum Gasteiger partial charge on any atom is -0.385 e. The Kier molecular flexibility index (Phi) is 3.16. The van der Waals surface area contributed by atoms with E-state index in [2.05, 4.69) is 10.0 Å². The van der Waals surface area contributed by atoms with Crippen LogP contribution in [0.4, 0.5) is 5.69 Å². The first-order valence-electron chi connectivity index (χ1n) is 5.48. The summed E-state index contributed by atoms with van der Waals surface area (Å²) in [4.78, 5) is 0.331. The van der Waals surface area contributed by atoms with Crippen molar-refractivity contribution in [1.29, 1.82) is 0 Å². The molecular formula is C11H16N2O2S. The summed E-state index contributed by atoms with van der Waals surface area (Å²) in [5, 5.41) is 3.10. The van der Waals surface area contributed by atoms with E-state index in [9.17, 15) is 8.42 Å². The van der Waals surface area contributed by atoms with Crippen LogP contribution < -0.4 is 10.0 Å². The monoisotopic (exact) mass is 240 g/mol. The van der Waals surface area contributed by atoms with E-state index in [0.717, 1.165) is 25.1 Å². The molecule has 5 heteroatoms. The molecule has 1 aromatic rings. The van der Waals surface area contributed by atoms with Gasteiger partial charge in [0.05, 0.1) is 4.90 Å². The van der Waals surface area contributed by atoms with E-state index in [4.69, 9.17) is 0 Å². The van der Waals surface area contributed by atoms with Gasteiger partial charge in [0.1, 0.15) is 0 Å². The summed E-state index contributed by atoms with van der Waals surface area (Å²) in [6, 6.07) is 7.03. The Hall–Kier alpha value is -1.07. The summed E-state index contributed by atoms with van der Waals surface area (Å²) < 4.78 is 26.5. The fourth-order valence-electron chi connectivity index (χ4n) is 1.47. The van der Waals surface area contributed by atoms with Crippen LogP contribution in [0.15, 0.2) is 29.2 Å². The van der Waals surface area contributed by atoms with E-state index >= 15 is 0 Å². The number of anilines is 1. The van der Waals surface area contributed by atoms with E-state index in [-0.39, 0.29) is 6.04 Å². The van der Waals surface area contributed by atoms with Crippen molar-refractivity contribution in [3.05, 3.63) is 24.3 Å². The van der Waals surface area contributed by atoms with Crippen molar-refractivity contribution in [3.8, 4) is 0 Å². The van der Waals surface area contributed by atoms with Crippen LogP contribution in [0.2, 0.25) is 0 Å². The Morgan fingerprint density at radius 3 is 2.75 bits per heavy atom. The second-order valence-electron chi connectivity index (χ2n) is 3.95. The smallest absolute Gasteiger partial charge is 0.240 e. The van der Waals surface area contributed by atoms with E-state index in [1.54, 1.807) is 18.2 Å². The number of nitrogens with one attached hydrogen (secondary N) is 2. The first kappa shape index (κ1) is 11.4. The summed E-state index contributed by atoms with van der Waals surface area (Å²) in [6.45, 7) is 2.75. The van der Waals surface area contributed by atoms with Crippen LogP contribution in [0.25, 0.3) is 0 Å². The van der Waals surface area contributed by atoms with Crippen molar-refractivity contribution in [2.24, 2.45) is 0 Å². The van der Waals surface area contributed by atoms with Gasteiger partial charge in [-0.05, 0) is 38.0 Å². The first-order chi connectivity index (χ1) is 7.62. The number of hydrogen-bond acceptors (Lipinski definition) is 3. The summed E-state index contributed by atoms with van der Waals surface area (Å²) in [6.07, 6.45) is 1.90. The summed E-state index contributed by atoms with van der Waals surface area (Å²) in [7, 11) is -3.33. The molecule has 1 aliphatic rings. The van der Waals surface area contributed by atoms with Crippen LogP contribution in [-0.4, -0.2) is 21.0 Å². The largest absolute Gasteiger partial charge is 0.385 e. The lowest BCUT2D eigenvalue weighted by molar-refractivity contribution is 0.581. The molecule has 0 amide bonds. The van der Waals surface area contributed by atoms with Crippen molar-refractivity contribution in [2.75, 3.05) is 11.9 Å². The molecule has 0 radical (unpaired) electrons. The summed E-state index contributed by atoms with van der Waals surface area (Å²) in [5.41, 5.74) is 0.834. The molecule has 0 heterocycles. The molecule has 0 unspecified atom stereocenters. The van der Waals surface area contributed by atoms with Crippen LogP contribution in [0, 0.1) is 0 Å². The molecule has 0 spiro atoms. The highest BCUT2D eigenvalue weighted by molar-refractivity contribution is 7.89. The second-order valence-corrected chi connectivity index (χ2v) is 5.67. The molecule has 0 aromatic heterocycles. The molecule has 0 aliphatic heterocycles. The third kappa shape index (κ3) is 2.74. The minimum atomic E-state index is -3.33. The van der Waals surface area contributed by atoms with Crippen LogP contribution in [0.3, 0.4) is 0 Å². The zero-order valence-electron chi connectivity index (χ0n) is 9.23. The molecular weight excluding hydrogens is 224 g/mol. The number of hydrogen-bond donors (Lipinski definition) is 2. The molecule has 88 valence electrons. The third-order valence-electron chi connectivity index (χ3n) is 2.42. The van der Waals surface area contributed by atoms with Crippen molar-refractivity contribution in [2.45, 2.75) is 30.7 Å². The van der Waals surface area contributed by atoms with E-state index in [0.29, 0.717) is 4.90 Å². The molecule has 1 fully saturated rings. The number of rotatable bonds is 5. The Morgan fingerprint density at radius 1 is 1.38 bits per heavy atom.